The number of ether oxygens (including phenoxy) is 1. The second-order valence-electron chi connectivity index (χ2n) is 2.60. The van der Waals surface area contributed by atoms with Crippen LogP contribution in [0, 0.1) is 5.41 Å². The normalized spacial score (nSPS) is 9.57. The summed E-state index contributed by atoms with van der Waals surface area (Å²) in [5.41, 5.74) is 5.81. The van der Waals surface area contributed by atoms with Gasteiger partial charge in [-0.3, -0.25) is 5.41 Å². The summed E-state index contributed by atoms with van der Waals surface area (Å²) in [6.45, 7) is 0. The third-order valence-electron chi connectivity index (χ3n) is 1.68. The van der Waals surface area contributed by atoms with E-state index >= 15 is 0 Å². The average Bonchev–Trinajstić information content (AvgIpc) is 2.16. The highest BCUT2D eigenvalue weighted by molar-refractivity contribution is 6.31. The van der Waals surface area contributed by atoms with E-state index in [1.54, 1.807) is 6.07 Å². The molecule has 0 aliphatic heterocycles. The number of carbonyl (C=O) groups excluding carboxylic acids is 1. The number of hydrogen-bond donors (Lipinski definition) is 2. The predicted molar refractivity (Wildman–Crippen MR) is 53.8 cm³/mol. The molecule has 0 radical (unpaired) electrons. The third-order valence-corrected chi connectivity index (χ3v) is 1.91. The topological polar surface area (TPSA) is 76.2 Å². The Kier molecular flexibility index (Phi) is 3.09. The number of esters is 1. The zero-order valence-corrected chi connectivity index (χ0v) is 8.26. The van der Waals surface area contributed by atoms with Crippen LogP contribution in [0.1, 0.15) is 15.9 Å². The Morgan fingerprint density at radius 1 is 1.50 bits per heavy atom. The van der Waals surface area contributed by atoms with Crippen LogP contribution in [0.2, 0.25) is 5.02 Å². The van der Waals surface area contributed by atoms with Crippen LogP contribution in [-0.4, -0.2) is 18.9 Å². The number of halogens is 1. The van der Waals surface area contributed by atoms with E-state index in [2.05, 4.69) is 4.74 Å². The van der Waals surface area contributed by atoms with E-state index in [0.717, 1.165) is 0 Å². The first-order valence-corrected chi connectivity index (χ1v) is 4.16. The van der Waals surface area contributed by atoms with Gasteiger partial charge in [0.15, 0.2) is 0 Å². The number of benzene rings is 1. The van der Waals surface area contributed by atoms with Crippen molar-refractivity contribution in [1.29, 1.82) is 5.41 Å². The maximum absolute atomic E-state index is 11.3. The van der Waals surface area contributed by atoms with Crippen molar-refractivity contribution in [2.45, 2.75) is 0 Å². The molecule has 0 bridgehead atoms. The number of rotatable bonds is 2. The number of nitrogen functional groups attached to an aromatic ring is 1. The van der Waals surface area contributed by atoms with Crippen LogP contribution in [0.15, 0.2) is 18.2 Å². The minimum absolute atomic E-state index is 0.193. The van der Waals surface area contributed by atoms with Gasteiger partial charge in [-0.2, -0.15) is 0 Å². The quantitative estimate of drug-likeness (QED) is 0.442. The lowest BCUT2D eigenvalue weighted by atomic mass is 10.1. The number of carbonyl (C=O) groups is 1. The molecule has 0 heterocycles. The van der Waals surface area contributed by atoms with E-state index in [4.69, 9.17) is 22.7 Å². The van der Waals surface area contributed by atoms with Crippen LogP contribution >= 0.6 is 11.6 Å². The van der Waals surface area contributed by atoms with Crippen molar-refractivity contribution in [2.24, 2.45) is 5.73 Å². The Balaban J connectivity index is 3.29. The lowest BCUT2D eigenvalue weighted by molar-refractivity contribution is 0.0600. The van der Waals surface area contributed by atoms with Gasteiger partial charge in [0.05, 0.1) is 12.7 Å². The van der Waals surface area contributed by atoms with Gasteiger partial charge in [0.2, 0.25) is 0 Å². The zero-order chi connectivity index (χ0) is 10.7. The largest absolute Gasteiger partial charge is 0.465 e. The molecule has 1 aromatic rings. The molecule has 1 aromatic carbocycles. The van der Waals surface area contributed by atoms with Crippen molar-refractivity contribution >= 4 is 23.4 Å². The van der Waals surface area contributed by atoms with Gasteiger partial charge in [-0.15, -0.1) is 0 Å². The van der Waals surface area contributed by atoms with E-state index in [0.29, 0.717) is 10.6 Å². The minimum Gasteiger partial charge on any atom is -0.465 e. The molecule has 0 aliphatic carbocycles. The fourth-order valence-electron chi connectivity index (χ4n) is 1.03. The Morgan fingerprint density at radius 3 is 2.64 bits per heavy atom. The zero-order valence-electron chi connectivity index (χ0n) is 7.50. The smallest absolute Gasteiger partial charge is 0.338 e. The van der Waals surface area contributed by atoms with Crippen molar-refractivity contribution in [1.82, 2.24) is 0 Å². The van der Waals surface area contributed by atoms with Gasteiger partial charge in [-0.1, -0.05) is 11.6 Å². The van der Waals surface area contributed by atoms with Gasteiger partial charge in [-0.05, 0) is 18.2 Å². The molecule has 0 amide bonds. The fourth-order valence-corrected chi connectivity index (χ4v) is 1.20. The molecular weight excluding hydrogens is 204 g/mol. The van der Waals surface area contributed by atoms with E-state index in [-0.39, 0.29) is 11.4 Å². The van der Waals surface area contributed by atoms with Gasteiger partial charge >= 0.3 is 5.97 Å². The average molecular weight is 213 g/mol. The molecule has 5 heteroatoms. The molecule has 0 aromatic heterocycles. The van der Waals surface area contributed by atoms with E-state index < -0.39 is 5.97 Å². The lowest BCUT2D eigenvalue weighted by Gasteiger charge is -2.06. The van der Waals surface area contributed by atoms with Crippen LogP contribution < -0.4 is 5.73 Å². The van der Waals surface area contributed by atoms with Gasteiger partial charge < -0.3 is 10.5 Å². The lowest BCUT2D eigenvalue weighted by Crippen LogP contribution is -2.17. The summed E-state index contributed by atoms with van der Waals surface area (Å²) in [5, 5.41) is 7.64. The first kappa shape index (κ1) is 10.5. The highest BCUT2D eigenvalue weighted by atomic mass is 35.5. The van der Waals surface area contributed by atoms with Crippen molar-refractivity contribution in [3.8, 4) is 0 Å². The van der Waals surface area contributed by atoms with Crippen molar-refractivity contribution in [2.75, 3.05) is 7.11 Å². The second kappa shape index (κ2) is 4.11. The number of methoxy groups -OCH3 is 1. The van der Waals surface area contributed by atoms with Crippen molar-refractivity contribution < 1.29 is 9.53 Å². The number of nitrogens with two attached hydrogens (primary N) is 1. The first-order valence-electron chi connectivity index (χ1n) is 3.78. The highest BCUT2D eigenvalue weighted by Gasteiger charge is 2.13. The van der Waals surface area contributed by atoms with Crippen molar-refractivity contribution in [3.05, 3.63) is 34.3 Å². The third kappa shape index (κ3) is 2.03. The standard InChI is InChI=1S/C9H9ClN2O2/c1-14-9(13)7-4-5(10)2-3-6(7)8(11)12/h2-4H,1H3,(H3,11,12). The van der Waals surface area contributed by atoms with Gasteiger partial charge in [0, 0.05) is 10.6 Å². The maximum Gasteiger partial charge on any atom is 0.338 e. The molecule has 0 fully saturated rings. The molecule has 0 saturated heterocycles. The number of amidine groups is 1. The molecule has 14 heavy (non-hydrogen) atoms. The molecule has 74 valence electrons. The molecule has 3 N–H and O–H groups in total. The van der Waals surface area contributed by atoms with Crippen LogP contribution in [0.4, 0.5) is 0 Å². The second-order valence-corrected chi connectivity index (χ2v) is 3.03. The van der Waals surface area contributed by atoms with Crippen molar-refractivity contribution in [3.63, 3.8) is 0 Å². The number of hydrogen-bond acceptors (Lipinski definition) is 3. The van der Waals surface area contributed by atoms with Crippen LogP contribution in [0.5, 0.6) is 0 Å². The van der Waals surface area contributed by atoms with Crippen LogP contribution in [0.3, 0.4) is 0 Å². The Hall–Kier alpha value is -1.55. The summed E-state index contributed by atoms with van der Waals surface area (Å²) < 4.78 is 4.53. The Labute approximate surface area is 86.1 Å². The minimum atomic E-state index is -0.558. The molecule has 1 rings (SSSR count). The highest BCUT2D eigenvalue weighted by Crippen LogP contribution is 2.16. The molecule has 0 spiro atoms. The molecule has 0 aliphatic rings. The van der Waals surface area contributed by atoms with E-state index in [1.165, 1.54) is 19.2 Å². The molecule has 4 nitrogen and oxygen atoms in total. The molecular formula is C9H9ClN2O2. The van der Waals surface area contributed by atoms with Crippen LogP contribution in [0.25, 0.3) is 0 Å². The number of nitrogens with one attached hydrogen (secondary N) is 1. The molecule has 0 saturated carbocycles. The Bertz CT molecular complexity index is 390. The molecule has 0 atom stereocenters. The van der Waals surface area contributed by atoms with Gasteiger partial charge in [-0.25, -0.2) is 4.79 Å². The molecule has 0 unspecified atom stereocenters. The Morgan fingerprint density at radius 2 is 2.14 bits per heavy atom. The van der Waals surface area contributed by atoms with E-state index in [1.807, 2.05) is 0 Å². The monoisotopic (exact) mass is 212 g/mol. The fraction of sp³-hybridized carbons (Fsp3) is 0.111. The van der Waals surface area contributed by atoms with Gasteiger partial charge in [0.25, 0.3) is 0 Å². The first-order chi connectivity index (χ1) is 6.56. The SMILES string of the molecule is COC(=O)c1cc(Cl)ccc1C(=N)N. The summed E-state index contributed by atoms with van der Waals surface area (Å²) in [5.74, 6) is -0.750. The van der Waals surface area contributed by atoms with Crippen LogP contribution in [-0.2, 0) is 4.74 Å². The summed E-state index contributed by atoms with van der Waals surface area (Å²) in [6.07, 6.45) is 0. The summed E-state index contributed by atoms with van der Waals surface area (Å²) in [6, 6.07) is 4.49. The summed E-state index contributed by atoms with van der Waals surface area (Å²) in [7, 11) is 1.26. The summed E-state index contributed by atoms with van der Waals surface area (Å²) in [4.78, 5) is 11.3. The maximum atomic E-state index is 11.3. The predicted octanol–water partition coefficient (Wildman–Crippen LogP) is 1.41. The summed E-state index contributed by atoms with van der Waals surface area (Å²) >= 11 is 5.70. The van der Waals surface area contributed by atoms with E-state index in [9.17, 15) is 4.79 Å². The van der Waals surface area contributed by atoms with Gasteiger partial charge in [0.1, 0.15) is 5.84 Å².